The Morgan fingerprint density at radius 3 is 3.35 bits per heavy atom. The van der Waals surface area contributed by atoms with Crippen LogP contribution in [0.3, 0.4) is 0 Å². The third-order valence-corrected chi connectivity index (χ3v) is 3.37. The van der Waals surface area contributed by atoms with Crippen LogP contribution in [0.1, 0.15) is 12.8 Å². The Morgan fingerprint density at radius 2 is 2.47 bits per heavy atom. The minimum absolute atomic E-state index is 0.438. The molecular formula is C13H16N2O2. The molecule has 3 rings (SSSR count). The molecule has 90 valence electrons. The number of aromatic nitrogens is 1. The minimum atomic E-state index is 0.438. The summed E-state index contributed by atoms with van der Waals surface area (Å²) in [5, 5.41) is 1.09. The molecule has 0 N–H and O–H groups in total. The van der Waals surface area contributed by atoms with Gasteiger partial charge < -0.3 is 14.1 Å². The second-order valence-corrected chi connectivity index (χ2v) is 4.41. The molecular weight excluding hydrogens is 216 g/mol. The summed E-state index contributed by atoms with van der Waals surface area (Å²) in [7, 11) is 1.75. The summed E-state index contributed by atoms with van der Waals surface area (Å²) < 4.78 is 10.7. The van der Waals surface area contributed by atoms with Crippen molar-refractivity contribution < 1.29 is 9.15 Å². The first kappa shape index (κ1) is 10.6. The number of methoxy groups -OCH3 is 1. The lowest BCUT2D eigenvalue weighted by molar-refractivity contribution is 0.180. The summed E-state index contributed by atoms with van der Waals surface area (Å²) in [5.41, 5.74) is 0.901. The third-order valence-electron chi connectivity index (χ3n) is 3.37. The van der Waals surface area contributed by atoms with Gasteiger partial charge in [-0.05, 0) is 25.0 Å². The van der Waals surface area contributed by atoms with Crippen LogP contribution < -0.4 is 4.90 Å². The van der Waals surface area contributed by atoms with E-state index in [1.54, 1.807) is 13.4 Å². The normalized spacial score (nSPS) is 20.3. The zero-order chi connectivity index (χ0) is 11.7. The molecule has 1 saturated heterocycles. The third kappa shape index (κ3) is 1.78. The van der Waals surface area contributed by atoms with Crippen LogP contribution in [-0.2, 0) is 4.74 Å². The number of ether oxygens (including phenoxy) is 1. The van der Waals surface area contributed by atoms with Crippen LogP contribution in [0, 0.1) is 0 Å². The van der Waals surface area contributed by atoms with Crippen LogP contribution in [0.25, 0.3) is 11.0 Å². The Kier molecular flexibility index (Phi) is 2.73. The van der Waals surface area contributed by atoms with Crippen LogP contribution in [0.15, 0.2) is 29.0 Å². The van der Waals surface area contributed by atoms with Gasteiger partial charge >= 0.3 is 0 Å². The molecule has 0 aromatic carbocycles. The maximum absolute atomic E-state index is 5.42. The molecule has 0 aliphatic carbocycles. The van der Waals surface area contributed by atoms with Gasteiger partial charge in [-0.2, -0.15) is 0 Å². The number of anilines is 1. The van der Waals surface area contributed by atoms with E-state index in [0.29, 0.717) is 6.04 Å². The smallest absolute Gasteiger partial charge is 0.140 e. The first-order chi connectivity index (χ1) is 8.40. The first-order valence-electron chi connectivity index (χ1n) is 5.98. The second kappa shape index (κ2) is 4.37. The number of hydrogen-bond acceptors (Lipinski definition) is 4. The zero-order valence-electron chi connectivity index (χ0n) is 9.93. The van der Waals surface area contributed by atoms with Crippen molar-refractivity contribution in [2.45, 2.75) is 18.9 Å². The monoisotopic (exact) mass is 232 g/mol. The highest BCUT2D eigenvalue weighted by molar-refractivity contribution is 5.88. The molecule has 17 heavy (non-hydrogen) atoms. The van der Waals surface area contributed by atoms with Crippen molar-refractivity contribution in [3.63, 3.8) is 0 Å². The van der Waals surface area contributed by atoms with Gasteiger partial charge in [0.2, 0.25) is 0 Å². The minimum Gasteiger partial charge on any atom is -0.464 e. The van der Waals surface area contributed by atoms with Crippen LogP contribution in [0.2, 0.25) is 0 Å². The highest BCUT2D eigenvalue weighted by Crippen LogP contribution is 2.30. The van der Waals surface area contributed by atoms with E-state index in [4.69, 9.17) is 9.15 Å². The lowest BCUT2D eigenvalue weighted by Gasteiger charge is -2.25. The molecule has 3 heterocycles. The molecule has 0 bridgehead atoms. The summed E-state index contributed by atoms with van der Waals surface area (Å²) >= 11 is 0. The standard InChI is InChI=1S/C13H16N2O2/c1-16-9-10-3-2-7-15(10)13-11-5-8-17-12(11)4-6-14-13/h4-6,8,10H,2-3,7,9H2,1H3/t10-/m1/s1. The number of fused-ring (bicyclic) bond motifs is 1. The maximum Gasteiger partial charge on any atom is 0.140 e. The fraction of sp³-hybridized carbons (Fsp3) is 0.462. The Labute approximate surface area is 100 Å². The Morgan fingerprint density at radius 1 is 1.53 bits per heavy atom. The molecule has 1 aliphatic heterocycles. The van der Waals surface area contributed by atoms with Gasteiger partial charge in [-0.1, -0.05) is 0 Å². The van der Waals surface area contributed by atoms with Crippen LogP contribution in [-0.4, -0.2) is 31.3 Å². The van der Waals surface area contributed by atoms with Crippen molar-refractivity contribution in [3.8, 4) is 0 Å². The van der Waals surface area contributed by atoms with E-state index in [-0.39, 0.29) is 0 Å². The highest BCUT2D eigenvalue weighted by Gasteiger charge is 2.26. The SMILES string of the molecule is COC[C@H]1CCCN1c1nccc2occc12. The van der Waals surface area contributed by atoms with Gasteiger partial charge in [0.25, 0.3) is 0 Å². The number of rotatable bonds is 3. The fourth-order valence-electron chi connectivity index (χ4n) is 2.59. The summed E-state index contributed by atoms with van der Waals surface area (Å²) in [6.45, 7) is 1.81. The molecule has 2 aromatic rings. The molecule has 1 aliphatic rings. The highest BCUT2D eigenvalue weighted by atomic mass is 16.5. The van der Waals surface area contributed by atoms with Gasteiger partial charge in [-0.25, -0.2) is 4.98 Å². The molecule has 0 spiro atoms. The van der Waals surface area contributed by atoms with Crippen molar-refractivity contribution in [3.05, 3.63) is 24.6 Å². The van der Waals surface area contributed by atoms with Gasteiger partial charge in [0, 0.05) is 19.9 Å². The van der Waals surface area contributed by atoms with Gasteiger partial charge in [0.15, 0.2) is 0 Å². The molecule has 1 fully saturated rings. The van der Waals surface area contributed by atoms with Crippen molar-refractivity contribution in [1.82, 2.24) is 4.98 Å². The van der Waals surface area contributed by atoms with Gasteiger partial charge in [0.1, 0.15) is 11.4 Å². The van der Waals surface area contributed by atoms with Crippen molar-refractivity contribution >= 4 is 16.8 Å². The fourth-order valence-corrected chi connectivity index (χ4v) is 2.59. The van der Waals surface area contributed by atoms with Crippen molar-refractivity contribution in [1.29, 1.82) is 0 Å². The Balaban J connectivity index is 1.99. The molecule has 0 unspecified atom stereocenters. The molecule has 0 saturated carbocycles. The molecule has 4 heteroatoms. The molecule has 2 aromatic heterocycles. The van der Waals surface area contributed by atoms with E-state index in [1.165, 1.54) is 12.8 Å². The number of pyridine rings is 1. The summed E-state index contributed by atoms with van der Waals surface area (Å²) in [5.74, 6) is 1.02. The summed E-state index contributed by atoms with van der Waals surface area (Å²) in [4.78, 5) is 6.84. The van der Waals surface area contributed by atoms with Crippen LogP contribution in [0.4, 0.5) is 5.82 Å². The van der Waals surface area contributed by atoms with E-state index in [0.717, 1.165) is 29.9 Å². The van der Waals surface area contributed by atoms with Gasteiger partial charge in [-0.15, -0.1) is 0 Å². The summed E-state index contributed by atoms with van der Waals surface area (Å²) in [6.07, 6.45) is 5.90. The Bertz CT molecular complexity index is 509. The topological polar surface area (TPSA) is 38.5 Å². The van der Waals surface area contributed by atoms with Gasteiger partial charge in [-0.3, -0.25) is 0 Å². The maximum atomic E-state index is 5.42. The average molecular weight is 232 g/mol. The predicted molar refractivity (Wildman–Crippen MR) is 66.3 cm³/mol. The number of nitrogens with zero attached hydrogens (tertiary/aromatic N) is 2. The van der Waals surface area contributed by atoms with Gasteiger partial charge in [0.05, 0.1) is 24.3 Å². The number of hydrogen-bond donors (Lipinski definition) is 0. The first-order valence-corrected chi connectivity index (χ1v) is 5.98. The molecule has 0 radical (unpaired) electrons. The van der Waals surface area contributed by atoms with Crippen molar-refractivity contribution in [2.75, 3.05) is 25.2 Å². The van der Waals surface area contributed by atoms with E-state index in [9.17, 15) is 0 Å². The number of furan rings is 1. The lowest BCUT2D eigenvalue weighted by Crippen LogP contribution is -2.33. The molecule has 4 nitrogen and oxygen atoms in total. The lowest BCUT2D eigenvalue weighted by atomic mass is 10.2. The van der Waals surface area contributed by atoms with E-state index >= 15 is 0 Å². The predicted octanol–water partition coefficient (Wildman–Crippen LogP) is 2.44. The quantitative estimate of drug-likeness (QED) is 0.814. The average Bonchev–Trinajstić information content (AvgIpc) is 2.96. The van der Waals surface area contributed by atoms with Crippen LogP contribution >= 0.6 is 0 Å². The van der Waals surface area contributed by atoms with E-state index in [1.807, 2.05) is 18.3 Å². The van der Waals surface area contributed by atoms with E-state index < -0.39 is 0 Å². The summed E-state index contributed by atoms with van der Waals surface area (Å²) in [6, 6.07) is 4.33. The largest absolute Gasteiger partial charge is 0.464 e. The second-order valence-electron chi connectivity index (χ2n) is 4.41. The van der Waals surface area contributed by atoms with Crippen molar-refractivity contribution in [2.24, 2.45) is 0 Å². The Hall–Kier alpha value is -1.55. The zero-order valence-corrected chi connectivity index (χ0v) is 9.93. The molecule has 0 amide bonds. The molecule has 1 atom stereocenters. The van der Waals surface area contributed by atoms with E-state index in [2.05, 4.69) is 9.88 Å². The van der Waals surface area contributed by atoms with Crippen LogP contribution in [0.5, 0.6) is 0 Å².